The summed E-state index contributed by atoms with van der Waals surface area (Å²) in [6, 6.07) is 3.88. The maximum Gasteiger partial charge on any atom is 0.123 e. The molecule has 1 saturated heterocycles. The Morgan fingerprint density at radius 1 is 1.39 bits per heavy atom. The molecule has 4 heteroatoms. The number of likely N-dealkylation sites (tertiary alicyclic amines) is 1. The van der Waals surface area contributed by atoms with Gasteiger partial charge in [0.25, 0.3) is 0 Å². The molecule has 1 fully saturated rings. The van der Waals surface area contributed by atoms with Gasteiger partial charge in [0.05, 0.1) is 5.60 Å². The first-order valence-electron chi connectivity index (χ1n) is 6.60. The quantitative estimate of drug-likeness (QED) is 0.855. The molecule has 0 bridgehead atoms. The summed E-state index contributed by atoms with van der Waals surface area (Å²) in [7, 11) is 0. The first-order valence-corrected chi connectivity index (χ1v) is 6.60. The van der Waals surface area contributed by atoms with Gasteiger partial charge < -0.3 is 10.8 Å². The third kappa shape index (κ3) is 3.43. The minimum Gasteiger partial charge on any atom is -0.390 e. The van der Waals surface area contributed by atoms with Crippen LogP contribution in [0.1, 0.15) is 32.3 Å². The molecular weight excluding hydrogens is 226 g/mol. The molecule has 0 atom stereocenters. The largest absolute Gasteiger partial charge is 0.390 e. The molecule has 100 valence electrons. The van der Waals surface area contributed by atoms with Crippen molar-refractivity contribution in [2.24, 2.45) is 5.92 Å². The topological polar surface area (TPSA) is 62.4 Å². The van der Waals surface area contributed by atoms with Gasteiger partial charge in [-0.3, -0.25) is 4.90 Å². The second-order valence-electron chi connectivity index (χ2n) is 5.80. The summed E-state index contributed by atoms with van der Waals surface area (Å²) in [5, 5.41) is 10.0. The van der Waals surface area contributed by atoms with Crippen molar-refractivity contribution >= 4 is 5.82 Å². The van der Waals surface area contributed by atoms with Crippen molar-refractivity contribution in [2.75, 3.05) is 18.8 Å². The first-order chi connectivity index (χ1) is 8.45. The summed E-state index contributed by atoms with van der Waals surface area (Å²) in [5.41, 5.74) is 6.23. The highest BCUT2D eigenvalue weighted by atomic mass is 16.3. The van der Waals surface area contributed by atoms with Crippen LogP contribution in [-0.2, 0) is 6.54 Å². The number of nitrogens with two attached hydrogens (primary N) is 1. The Morgan fingerprint density at radius 2 is 2.06 bits per heavy atom. The van der Waals surface area contributed by atoms with Crippen molar-refractivity contribution < 1.29 is 5.11 Å². The van der Waals surface area contributed by atoms with Gasteiger partial charge in [0, 0.05) is 12.7 Å². The lowest BCUT2D eigenvalue weighted by Crippen LogP contribution is -2.41. The SMILES string of the molecule is CC(C)(O)C1CCN(Cc2ccc(N)nc2)CC1. The fourth-order valence-corrected chi connectivity index (χ4v) is 2.59. The lowest BCUT2D eigenvalue weighted by Gasteiger charge is -2.37. The van der Waals surface area contributed by atoms with E-state index < -0.39 is 5.60 Å². The Morgan fingerprint density at radius 3 is 2.56 bits per heavy atom. The number of rotatable bonds is 3. The number of hydrogen-bond acceptors (Lipinski definition) is 4. The molecule has 1 aromatic heterocycles. The molecule has 0 amide bonds. The van der Waals surface area contributed by atoms with Crippen molar-refractivity contribution in [3.05, 3.63) is 23.9 Å². The highest BCUT2D eigenvalue weighted by Crippen LogP contribution is 2.28. The molecular formula is C14H23N3O. The number of hydrogen-bond donors (Lipinski definition) is 2. The van der Waals surface area contributed by atoms with Crippen LogP contribution in [0.3, 0.4) is 0 Å². The zero-order chi connectivity index (χ0) is 13.2. The van der Waals surface area contributed by atoms with Gasteiger partial charge in [0.1, 0.15) is 5.82 Å². The average Bonchev–Trinajstić information content (AvgIpc) is 2.32. The van der Waals surface area contributed by atoms with E-state index in [9.17, 15) is 5.11 Å². The third-order valence-corrected chi connectivity index (χ3v) is 3.84. The fourth-order valence-electron chi connectivity index (χ4n) is 2.59. The van der Waals surface area contributed by atoms with Gasteiger partial charge in [-0.15, -0.1) is 0 Å². The van der Waals surface area contributed by atoms with Gasteiger partial charge in [0.15, 0.2) is 0 Å². The Bertz CT molecular complexity index is 375. The van der Waals surface area contributed by atoms with E-state index in [0.717, 1.165) is 32.5 Å². The van der Waals surface area contributed by atoms with Crippen LogP contribution in [0.2, 0.25) is 0 Å². The Hall–Kier alpha value is -1.13. The van der Waals surface area contributed by atoms with E-state index in [1.165, 1.54) is 5.56 Å². The summed E-state index contributed by atoms with van der Waals surface area (Å²) >= 11 is 0. The molecule has 0 aliphatic carbocycles. The second-order valence-corrected chi connectivity index (χ2v) is 5.80. The van der Waals surface area contributed by atoms with Crippen molar-refractivity contribution in [3.63, 3.8) is 0 Å². The van der Waals surface area contributed by atoms with Gasteiger partial charge in [-0.25, -0.2) is 4.98 Å². The van der Waals surface area contributed by atoms with Crippen LogP contribution in [0.15, 0.2) is 18.3 Å². The number of pyridine rings is 1. The van der Waals surface area contributed by atoms with Crippen LogP contribution in [0.25, 0.3) is 0 Å². The molecule has 0 saturated carbocycles. The van der Waals surface area contributed by atoms with Gasteiger partial charge in [-0.2, -0.15) is 0 Å². The number of piperidine rings is 1. The van der Waals surface area contributed by atoms with Crippen LogP contribution >= 0.6 is 0 Å². The standard InChI is InChI=1S/C14H23N3O/c1-14(2,18)12-5-7-17(8-6-12)10-11-3-4-13(15)16-9-11/h3-4,9,12,18H,5-8,10H2,1-2H3,(H2,15,16). The van der Waals surface area contributed by atoms with Crippen LogP contribution in [0, 0.1) is 5.92 Å². The zero-order valence-corrected chi connectivity index (χ0v) is 11.3. The Kier molecular flexibility index (Phi) is 3.88. The van der Waals surface area contributed by atoms with Crippen molar-refractivity contribution in [2.45, 2.75) is 38.8 Å². The first kappa shape index (κ1) is 13.3. The molecule has 4 nitrogen and oxygen atoms in total. The van der Waals surface area contributed by atoms with Gasteiger partial charge in [0.2, 0.25) is 0 Å². The van der Waals surface area contributed by atoms with E-state index in [1.807, 2.05) is 32.2 Å². The minimum absolute atomic E-state index is 0.415. The third-order valence-electron chi connectivity index (χ3n) is 3.84. The molecule has 1 aliphatic heterocycles. The summed E-state index contributed by atoms with van der Waals surface area (Å²) in [5.74, 6) is 0.984. The van der Waals surface area contributed by atoms with Crippen LogP contribution in [0.5, 0.6) is 0 Å². The van der Waals surface area contributed by atoms with Crippen LogP contribution in [-0.4, -0.2) is 33.7 Å². The van der Waals surface area contributed by atoms with Crippen molar-refractivity contribution in [1.29, 1.82) is 0 Å². The molecule has 1 aliphatic rings. The predicted molar refractivity (Wildman–Crippen MR) is 72.9 cm³/mol. The summed E-state index contributed by atoms with van der Waals surface area (Å²) < 4.78 is 0. The van der Waals surface area contributed by atoms with Crippen LogP contribution in [0.4, 0.5) is 5.82 Å². The number of nitrogen functional groups attached to an aromatic ring is 1. The smallest absolute Gasteiger partial charge is 0.123 e. The maximum atomic E-state index is 10.0. The minimum atomic E-state index is -0.547. The molecule has 0 aromatic carbocycles. The monoisotopic (exact) mass is 249 g/mol. The summed E-state index contributed by atoms with van der Waals surface area (Å²) in [6.07, 6.45) is 3.97. The number of nitrogens with zero attached hydrogens (tertiary/aromatic N) is 2. The molecule has 1 aromatic rings. The molecule has 0 spiro atoms. The van der Waals surface area contributed by atoms with Gasteiger partial charge in [-0.05, 0) is 57.3 Å². The van der Waals surface area contributed by atoms with E-state index >= 15 is 0 Å². The predicted octanol–water partition coefficient (Wildman–Crippen LogP) is 1.65. The van der Waals surface area contributed by atoms with Crippen LogP contribution < -0.4 is 5.73 Å². The average molecular weight is 249 g/mol. The lowest BCUT2D eigenvalue weighted by molar-refractivity contribution is -0.0136. The Labute approximate surface area is 109 Å². The van der Waals surface area contributed by atoms with Crippen molar-refractivity contribution in [1.82, 2.24) is 9.88 Å². The molecule has 0 radical (unpaired) electrons. The molecule has 2 rings (SSSR count). The normalized spacial score (nSPS) is 19.1. The zero-order valence-electron chi connectivity index (χ0n) is 11.3. The maximum absolute atomic E-state index is 10.0. The molecule has 3 N–H and O–H groups in total. The van der Waals surface area contributed by atoms with E-state index in [2.05, 4.69) is 9.88 Å². The van der Waals surface area contributed by atoms with Gasteiger partial charge in [-0.1, -0.05) is 6.07 Å². The summed E-state index contributed by atoms with van der Waals surface area (Å²) in [4.78, 5) is 6.52. The van der Waals surface area contributed by atoms with Crippen molar-refractivity contribution in [3.8, 4) is 0 Å². The molecule has 2 heterocycles. The Balaban J connectivity index is 1.85. The highest BCUT2D eigenvalue weighted by Gasteiger charge is 2.30. The number of aromatic nitrogens is 1. The summed E-state index contributed by atoms with van der Waals surface area (Å²) in [6.45, 7) is 6.83. The number of aliphatic hydroxyl groups is 1. The van der Waals surface area contributed by atoms with Gasteiger partial charge >= 0.3 is 0 Å². The highest BCUT2D eigenvalue weighted by molar-refractivity contribution is 5.29. The number of anilines is 1. The molecule has 18 heavy (non-hydrogen) atoms. The van der Waals surface area contributed by atoms with E-state index in [1.54, 1.807) is 0 Å². The lowest BCUT2D eigenvalue weighted by atomic mass is 9.83. The van der Waals surface area contributed by atoms with E-state index in [4.69, 9.17) is 5.73 Å². The second kappa shape index (κ2) is 5.24. The van der Waals surface area contributed by atoms with E-state index in [0.29, 0.717) is 11.7 Å². The fraction of sp³-hybridized carbons (Fsp3) is 0.643. The van der Waals surface area contributed by atoms with E-state index in [-0.39, 0.29) is 0 Å². The molecule has 0 unspecified atom stereocenters.